The third-order valence-corrected chi connectivity index (χ3v) is 3.93. The van der Waals surface area contributed by atoms with Crippen molar-refractivity contribution < 1.29 is 0 Å². The first-order valence-corrected chi connectivity index (χ1v) is 7.05. The van der Waals surface area contributed by atoms with E-state index in [4.69, 9.17) is 17.3 Å². The zero-order chi connectivity index (χ0) is 14.1. The molecule has 20 heavy (non-hydrogen) atoms. The zero-order valence-electron chi connectivity index (χ0n) is 10.3. The smallest absolute Gasteiger partial charge is 0.297 e. The Kier molecular flexibility index (Phi) is 3.47. The second-order valence-corrected chi connectivity index (χ2v) is 5.63. The predicted octanol–water partition coefficient (Wildman–Crippen LogP) is 1.25. The van der Waals surface area contributed by atoms with Crippen molar-refractivity contribution in [3.05, 3.63) is 55.9 Å². The van der Waals surface area contributed by atoms with E-state index in [0.717, 1.165) is 5.56 Å². The molecule has 0 spiro atoms. The number of nitrogens with zero attached hydrogens (tertiary/aromatic N) is 4. The first-order valence-electron chi connectivity index (χ1n) is 5.86. The summed E-state index contributed by atoms with van der Waals surface area (Å²) in [4.78, 5) is 12.7. The summed E-state index contributed by atoms with van der Waals surface area (Å²) < 4.78 is 1.26. The molecule has 0 unspecified atom stereocenters. The van der Waals surface area contributed by atoms with E-state index in [2.05, 4.69) is 15.3 Å². The molecule has 0 aliphatic heterocycles. The maximum absolute atomic E-state index is 12.3. The van der Waals surface area contributed by atoms with Crippen molar-refractivity contribution >= 4 is 27.9 Å². The van der Waals surface area contributed by atoms with Gasteiger partial charge in [0.25, 0.3) is 5.56 Å². The maximum Gasteiger partial charge on any atom is 0.297 e. The molecule has 102 valence electrons. The molecule has 0 aliphatic rings. The molecule has 0 fully saturated rings. The molecule has 1 aromatic carbocycles. The molecular formula is C12H10ClN5OS. The molecule has 0 aliphatic carbocycles. The topological polar surface area (TPSA) is 86.2 Å². The minimum absolute atomic E-state index is 0.263. The van der Waals surface area contributed by atoms with Crippen LogP contribution in [0.3, 0.4) is 0 Å². The molecule has 0 amide bonds. The van der Waals surface area contributed by atoms with Crippen molar-refractivity contribution in [1.82, 2.24) is 19.8 Å². The van der Waals surface area contributed by atoms with Gasteiger partial charge in [-0.2, -0.15) is 9.61 Å². The largest absolute Gasteiger partial charge is 0.324 e. The number of hydrogen-bond acceptors (Lipinski definition) is 6. The van der Waals surface area contributed by atoms with Crippen LogP contribution in [0.2, 0.25) is 5.02 Å². The molecule has 2 N–H and O–H groups in total. The predicted molar refractivity (Wildman–Crippen MR) is 77.1 cm³/mol. The second kappa shape index (κ2) is 5.28. The number of aromatic nitrogens is 4. The normalized spacial score (nSPS) is 11.1. The van der Waals surface area contributed by atoms with Gasteiger partial charge in [0, 0.05) is 18.0 Å². The molecule has 0 atom stereocenters. The minimum Gasteiger partial charge on any atom is -0.324 e. The van der Waals surface area contributed by atoms with Gasteiger partial charge in [-0.25, -0.2) is 0 Å². The van der Waals surface area contributed by atoms with Gasteiger partial charge in [0.15, 0.2) is 0 Å². The molecule has 3 rings (SSSR count). The number of fused-ring (bicyclic) bond motifs is 1. The van der Waals surface area contributed by atoms with Crippen LogP contribution in [0.25, 0.3) is 4.96 Å². The lowest BCUT2D eigenvalue weighted by molar-refractivity contribution is 0.789. The van der Waals surface area contributed by atoms with Crippen LogP contribution in [0, 0.1) is 0 Å². The van der Waals surface area contributed by atoms with E-state index in [1.54, 1.807) is 12.1 Å². The lowest BCUT2D eigenvalue weighted by Gasteiger charge is -2.00. The van der Waals surface area contributed by atoms with Crippen molar-refractivity contribution in [1.29, 1.82) is 0 Å². The molecule has 6 nitrogen and oxygen atoms in total. The summed E-state index contributed by atoms with van der Waals surface area (Å²) in [5.41, 5.74) is 6.53. The summed E-state index contributed by atoms with van der Waals surface area (Å²) in [6.07, 6.45) is 0.390. The van der Waals surface area contributed by atoms with Gasteiger partial charge in [0.05, 0.1) is 0 Å². The number of hydrogen-bond donors (Lipinski definition) is 1. The molecule has 8 heteroatoms. The highest BCUT2D eigenvalue weighted by Crippen LogP contribution is 2.12. The summed E-state index contributed by atoms with van der Waals surface area (Å²) in [5.74, 6) is 0. The van der Waals surface area contributed by atoms with Gasteiger partial charge in [-0.1, -0.05) is 35.1 Å². The van der Waals surface area contributed by atoms with Crippen molar-refractivity contribution in [2.75, 3.05) is 0 Å². The average Bonchev–Trinajstić information content (AvgIpc) is 2.88. The number of rotatable bonds is 3. The van der Waals surface area contributed by atoms with Crippen LogP contribution < -0.4 is 11.3 Å². The van der Waals surface area contributed by atoms with Crippen LogP contribution in [0.4, 0.5) is 0 Å². The van der Waals surface area contributed by atoms with Gasteiger partial charge in [-0.3, -0.25) is 4.79 Å². The summed E-state index contributed by atoms with van der Waals surface area (Å²) in [5, 5.41) is 13.4. The van der Waals surface area contributed by atoms with Crippen LogP contribution in [0.1, 0.15) is 16.3 Å². The van der Waals surface area contributed by atoms with Gasteiger partial charge < -0.3 is 5.73 Å². The third-order valence-electron chi connectivity index (χ3n) is 2.76. The molecule has 0 saturated carbocycles. The Hall–Kier alpha value is -1.83. The van der Waals surface area contributed by atoms with E-state index in [-0.39, 0.29) is 12.1 Å². The monoisotopic (exact) mass is 307 g/mol. The average molecular weight is 308 g/mol. The van der Waals surface area contributed by atoms with Gasteiger partial charge in [0.2, 0.25) is 4.96 Å². The van der Waals surface area contributed by atoms with E-state index in [9.17, 15) is 4.79 Å². The SMILES string of the molecule is NCc1nn2c(=O)c(Cc3ccc(Cl)cc3)nnc2s1. The highest BCUT2D eigenvalue weighted by atomic mass is 35.5. The van der Waals surface area contributed by atoms with E-state index in [1.807, 2.05) is 12.1 Å². The third kappa shape index (κ3) is 2.43. The Bertz CT molecular complexity index is 811. The van der Waals surface area contributed by atoms with Crippen molar-refractivity contribution in [3.8, 4) is 0 Å². The van der Waals surface area contributed by atoms with Crippen molar-refractivity contribution in [2.24, 2.45) is 5.73 Å². The molecule has 2 aromatic heterocycles. The van der Waals surface area contributed by atoms with Crippen LogP contribution in [0.15, 0.2) is 29.1 Å². The zero-order valence-corrected chi connectivity index (χ0v) is 11.9. The Labute approximate surface area is 122 Å². The summed E-state index contributed by atoms with van der Waals surface area (Å²) in [7, 11) is 0. The fourth-order valence-electron chi connectivity index (χ4n) is 1.78. The van der Waals surface area contributed by atoms with Gasteiger partial charge in [-0.15, -0.1) is 10.2 Å². The molecule has 3 aromatic rings. The van der Waals surface area contributed by atoms with Crippen molar-refractivity contribution in [3.63, 3.8) is 0 Å². The Balaban J connectivity index is 2.01. The Morgan fingerprint density at radius 3 is 2.70 bits per heavy atom. The number of halogens is 1. The van der Waals surface area contributed by atoms with E-state index >= 15 is 0 Å². The quantitative estimate of drug-likeness (QED) is 0.787. The lowest BCUT2D eigenvalue weighted by atomic mass is 10.1. The van der Waals surface area contributed by atoms with Gasteiger partial charge in [-0.05, 0) is 17.7 Å². The van der Waals surface area contributed by atoms with Crippen LogP contribution in [-0.4, -0.2) is 19.8 Å². The highest BCUT2D eigenvalue weighted by Gasteiger charge is 2.11. The molecular weight excluding hydrogens is 298 g/mol. The molecule has 0 radical (unpaired) electrons. The van der Waals surface area contributed by atoms with Crippen LogP contribution >= 0.6 is 22.9 Å². The molecule has 2 heterocycles. The minimum atomic E-state index is -0.263. The van der Waals surface area contributed by atoms with Crippen LogP contribution in [0.5, 0.6) is 0 Å². The fraction of sp³-hybridized carbons (Fsp3) is 0.167. The molecule has 0 saturated heterocycles. The van der Waals surface area contributed by atoms with Crippen molar-refractivity contribution in [2.45, 2.75) is 13.0 Å². The van der Waals surface area contributed by atoms with Crippen LogP contribution in [-0.2, 0) is 13.0 Å². The maximum atomic E-state index is 12.3. The number of nitrogens with two attached hydrogens (primary N) is 1. The second-order valence-electron chi connectivity index (χ2n) is 4.15. The first kappa shape index (κ1) is 13.2. The first-order chi connectivity index (χ1) is 9.67. The Morgan fingerprint density at radius 1 is 1.25 bits per heavy atom. The summed E-state index contributed by atoms with van der Waals surface area (Å²) in [6.45, 7) is 0.278. The Morgan fingerprint density at radius 2 is 2.00 bits per heavy atom. The van der Waals surface area contributed by atoms with Gasteiger partial charge >= 0.3 is 0 Å². The van der Waals surface area contributed by atoms with E-state index in [1.165, 1.54) is 15.9 Å². The summed E-state index contributed by atoms with van der Waals surface area (Å²) in [6, 6.07) is 7.25. The standard InChI is InChI=1S/C12H10ClN5OS/c13-8-3-1-7(2-4-8)5-9-11(19)18-12(16-15-9)20-10(6-14)17-18/h1-4H,5-6,14H2. The van der Waals surface area contributed by atoms with Gasteiger partial charge in [0.1, 0.15) is 10.7 Å². The lowest BCUT2D eigenvalue weighted by Crippen LogP contribution is -2.22. The van der Waals surface area contributed by atoms with E-state index in [0.29, 0.717) is 27.1 Å². The highest BCUT2D eigenvalue weighted by molar-refractivity contribution is 7.16. The fourth-order valence-corrected chi connectivity index (χ4v) is 2.61. The molecule has 0 bridgehead atoms. The van der Waals surface area contributed by atoms with E-state index < -0.39 is 0 Å². The summed E-state index contributed by atoms with van der Waals surface area (Å²) >= 11 is 7.09. The number of benzene rings is 1.